The molecule has 1 aromatic carbocycles. The number of dihydropyridines is 1. The van der Waals surface area contributed by atoms with Gasteiger partial charge in [0, 0.05) is 0 Å². The predicted molar refractivity (Wildman–Crippen MR) is 115 cm³/mol. The summed E-state index contributed by atoms with van der Waals surface area (Å²) in [5, 5.41) is 14.2. The number of aromatic nitrogens is 2. The number of H-pyrrole nitrogens is 1. The van der Waals surface area contributed by atoms with Crippen molar-refractivity contribution in [3.8, 4) is 0 Å². The first kappa shape index (κ1) is 26.7. The summed E-state index contributed by atoms with van der Waals surface area (Å²) in [5.74, 6) is -2.96. The highest BCUT2D eigenvalue weighted by atomic mass is 19.1. The maximum absolute atomic E-state index is 13.3. The molecule has 4 N–H and O–H groups in total. The fourth-order valence-corrected chi connectivity index (χ4v) is 2.01. The number of aldehydes is 1. The molecule has 0 spiro atoms. The Kier molecular flexibility index (Phi) is 13.8. The molecule has 30 heavy (non-hydrogen) atoms. The molecule has 0 saturated heterocycles. The first-order chi connectivity index (χ1) is 14.6. The molecule has 2 heterocycles. The van der Waals surface area contributed by atoms with Gasteiger partial charge >= 0.3 is 0 Å². The van der Waals surface area contributed by atoms with Crippen molar-refractivity contribution in [3.05, 3.63) is 71.7 Å². The number of rotatable bonds is 4. The average molecular weight is 421 g/mol. The van der Waals surface area contributed by atoms with E-state index in [4.69, 9.17) is 0 Å². The lowest BCUT2D eigenvalue weighted by atomic mass is 10.2. The minimum absolute atomic E-state index is 0.0140. The minimum Gasteiger partial charge on any atom is -0.373 e. The van der Waals surface area contributed by atoms with Gasteiger partial charge in [-0.25, -0.2) is 8.78 Å². The van der Waals surface area contributed by atoms with Crippen LogP contribution < -0.4 is 16.0 Å². The number of halogens is 2. The van der Waals surface area contributed by atoms with Crippen LogP contribution >= 0.6 is 0 Å². The first-order valence-corrected chi connectivity index (χ1v) is 9.57. The summed E-state index contributed by atoms with van der Waals surface area (Å²) < 4.78 is 26.6. The Labute approximate surface area is 175 Å². The van der Waals surface area contributed by atoms with E-state index in [2.05, 4.69) is 32.2 Å². The summed E-state index contributed by atoms with van der Waals surface area (Å²) in [7, 11) is 1.92. The van der Waals surface area contributed by atoms with Crippen LogP contribution in [0.3, 0.4) is 0 Å². The van der Waals surface area contributed by atoms with Crippen molar-refractivity contribution in [2.75, 3.05) is 12.4 Å². The van der Waals surface area contributed by atoms with Crippen molar-refractivity contribution in [1.29, 1.82) is 0 Å². The normalized spacial score (nSPS) is 13.2. The number of likely N-dealkylation sites (N-methyl/N-ethyl adjacent to an activating group) is 1. The number of carbonyl (C=O) groups is 2. The quantitative estimate of drug-likeness (QED) is 0.559. The molecule has 1 atom stereocenters. The minimum atomic E-state index is -0.991. The van der Waals surface area contributed by atoms with Crippen LogP contribution in [0.5, 0.6) is 0 Å². The zero-order chi connectivity index (χ0) is 22.9. The molecule has 1 aromatic heterocycles. The Morgan fingerprint density at radius 2 is 1.77 bits per heavy atom. The van der Waals surface area contributed by atoms with E-state index in [1.807, 2.05) is 53.1 Å². The summed E-state index contributed by atoms with van der Waals surface area (Å²) in [4.78, 5) is 22.2. The zero-order valence-corrected chi connectivity index (χ0v) is 17.8. The molecular formula is C21H29F2N5O2. The topological polar surface area (TPSA) is 98.9 Å². The molecule has 1 aliphatic rings. The molecule has 164 valence electrons. The number of benzene rings is 1. The van der Waals surface area contributed by atoms with E-state index in [1.165, 1.54) is 6.20 Å². The first-order valence-electron chi connectivity index (χ1n) is 9.57. The molecule has 0 aliphatic carbocycles. The third-order valence-corrected chi connectivity index (χ3v) is 3.32. The third kappa shape index (κ3) is 8.36. The summed E-state index contributed by atoms with van der Waals surface area (Å²) in [6, 6.07) is 3.08. The van der Waals surface area contributed by atoms with Crippen LogP contribution in [-0.4, -0.2) is 35.6 Å². The number of nitrogens with zero attached hydrogens (tertiary/aromatic N) is 1. The molecule has 1 aliphatic heterocycles. The van der Waals surface area contributed by atoms with E-state index >= 15 is 0 Å². The second kappa shape index (κ2) is 15.6. The fourth-order valence-electron chi connectivity index (χ4n) is 2.01. The molecule has 0 radical (unpaired) electrons. The van der Waals surface area contributed by atoms with Crippen LogP contribution in [0.25, 0.3) is 0 Å². The van der Waals surface area contributed by atoms with Gasteiger partial charge in [-0.2, -0.15) is 5.10 Å². The van der Waals surface area contributed by atoms with Gasteiger partial charge in [0.15, 0.2) is 6.29 Å². The van der Waals surface area contributed by atoms with E-state index < -0.39 is 23.1 Å². The van der Waals surface area contributed by atoms with Crippen LogP contribution in [0.2, 0.25) is 0 Å². The largest absolute Gasteiger partial charge is 0.373 e. The van der Waals surface area contributed by atoms with Crippen molar-refractivity contribution in [2.24, 2.45) is 0 Å². The van der Waals surface area contributed by atoms with Gasteiger partial charge < -0.3 is 10.6 Å². The molecular weight excluding hydrogens is 392 g/mol. The highest BCUT2D eigenvalue weighted by Gasteiger charge is 2.18. The van der Waals surface area contributed by atoms with E-state index in [-0.39, 0.29) is 11.4 Å². The van der Waals surface area contributed by atoms with E-state index in [0.717, 1.165) is 18.2 Å². The van der Waals surface area contributed by atoms with Gasteiger partial charge in [0.25, 0.3) is 5.91 Å². The lowest BCUT2D eigenvalue weighted by molar-refractivity contribution is 0.101. The van der Waals surface area contributed by atoms with Crippen molar-refractivity contribution in [1.82, 2.24) is 20.8 Å². The lowest BCUT2D eigenvalue weighted by Crippen LogP contribution is -2.35. The Morgan fingerprint density at radius 1 is 1.13 bits per heavy atom. The number of hydrogen-bond acceptors (Lipinski definition) is 5. The Balaban J connectivity index is 0.000000585. The van der Waals surface area contributed by atoms with Crippen molar-refractivity contribution >= 4 is 17.9 Å². The lowest BCUT2D eigenvalue weighted by Gasteiger charge is -2.13. The second-order valence-electron chi connectivity index (χ2n) is 5.04. The van der Waals surface area contributed by atoms with Crippen molar-refractivity contribution < 1.29 is 18.4 Å². The average Bonchev–Trinajstić information content (AvgIpc) is 3.24. The Hall–Kier alpha value is -3.33. The molecule has 0 bridgehead atoms. The number of hydrogen-bond donors (Lipinski definition) is 4. The molecule has 3 rings (SSSR count). The van der Waals surface area contributed by atoms with E-state index in [0.29, 0.717) is 12.5 Å². The summed E-state index contributed by atoms with van der Waals surface area (Å²) >= 11 is 0. The van der Waals surface area contributed by atoms with Crippen molar-refractivity contribution in [2.45, 2.75) is 33.9 Å². The number of aromatic amines is 1. The van der Waals surface area contributed by atoms with Gasteiger partial charge in [0.05, 0.1) is 18.1 Å². The number of nitrogens with one attached hydrogen (secondary N) is 4. The monoisotopic (exact) mass is 421 g/mol. The number of carbonyl (C=O) groups excluding carboxylic acids is 2. The molecule has 9 heteroatoms. The Morgan fingerprint density at radius 3 is 2.23 bits per heavy atom. The number of allylic oxidation sites excluding steroid dienone is 2. The van der Waals surface area contributed by atoms with Crippen LogP contribution in [-0.2, 0) is 0 Å². The molecule has 0 fully saturated rings. The molecule has 2 aromatic rings. The van der Waals surface area contributed by atoms with E-state index in [9.17, 15) is 18.4 Å². The third-order valence-electron chi connectivity index (χ3n) is 3.32. The SMILES string of the molecule is CC.CC.CNC1C=CC=CN1.O=Cc1[nH]ncc1NC(=O)c1c(F)cccc1F. The van der Waals surface area contributed by atoms with E-state index in [1.54, 1.807) is 0 Å². The maximum atomic E-state index is 13.3. The summed E-state index contributed by atoms with van der Waals surface area (Å²) in [6.45, 7) is 8.00. The summed E-state index contributed by atoms with van der Waals surface area (Å²) in [6.07, 6.45) is 9.87. The Bertz CT molecular complexity index is 814. The highest BCUT2D eigenvalue weighted by molar-refractivity contribution is 6.06. The van der Waals surface area contributed by atoms with Gasteiger partial charge in [-0.1, -0.05) is 39.8 Å². The van der Waals surface area contributed by atoms with Gasteiger partial charge in [0.2, 0.25) is 0 Å². The van der Waals surface area contributed by atoms with Gasteiger partial charge in [-0.15, -0.1) is 0 Å². The molecule has 1 unspecified atom stereocenters. The van der Waals surface area contributed by atoms with Crippen LogP contribution in [0.1, 0.15) is 48.5 Å². The second-order valence-corrected chi connectivity index (χ2v) is 5.04. The number of anilines is 1. The number of amides is 1. The zero-order valence-electron chi connectivity index (χ0n) is 17.8. The van der Waals surface area contributed by atoms with Crippen LogP contribution in [0.4, 0.5) is 14.5 Å². The smallest absolute Gasteiger partial charge is 0.261 e. The van der Waals surface area contributed by atoms with Gasteiger partial charge in [0.1, 0.15) is 22.9 Å². The van der Waals surface area contributed by atoms with Crippen LogP contribution in [0, 0.1) is 11.6 Å². The summed E-state index contributed by atoms with van der Waals surface area (Å²) in [5.41, 5.74) is -0.645. The fraction of sp³-hybridized carbons (Fsp3) is 0.286. The van der Waals surface area contributed by atoms with Gasteiger partial charge in [-0.3, -0.25) is 20.0 Å². The van der Waals surface area contributed by atoms with Crippen LogP contribution in [0.15, 0.2) is 48.8 Å². The predicted octanol–water partition coefficient (Wildman–Crippen LogP) is 4.01. The van der Waals surface area contributed by atoms with Gasteiger partial charge in [-0.05, 0) is 37.5 Å². The highest BCUT2D eigenvalue weighted by Crippen LogP contribution is 2.16. The molecule has 0 saturated carbocycles. The molecule has 7 nitrogen and oxygen atoms in total. The van der Waals surface area contributed by atoms with Crippen molar-refractivity contribution in [3.63, 3.8) is 0 Å². The molecule has 1 amide bonds. The maximum Gasteiger partial charge on any atom is 0.261 e. The standard InChI is InChI=1S/C11H7F2N3O2.C6H10N2.2C2H6/c12-6-2-1-3-7(13)10(6)11(18)15-8-4-14-16-9(8)5-17;1-7-6-4-2-3-5-8-6;2*1-2/h1-5H,(H,14,16)(H,15,18);2-8H,1H3;2*1-2H3.